The molecule has 3 heteroatoms. The van der Waals surface area contributed by atoms with Crippen molar-refractivity contribution in [1.29, 1.82) is 0 Å². The van der Waals surface area contributed by atoms with E-state index < -0.39 is 0 Å². The van der Waals surface area contributed by atoms with Crippen LogP contribution in [-0.4, -0.2) is 18.3 Å². The molecule has 1 aromatic carbocycles. The Morgan fingerprint density at radius 2 is 2.11 bits per heavy atom. The fourth-order valence-electron chi connectivity index (χ4n) is 2.98. The number of phenolic OH excluding ortho intramolecular Hbond substituents is 1. The molecule has 0 radical (unpaired) electrons. The molecular formula is C16H25NO2. The molecule has 2 N–H and O–H groups in total. The lowest BCUT2D eigenvalue weighted by Gasteiger charge is -2.32. The van der Waals surface area contributed by atoms with Gasteiger partial charge in [0, 0.05) is 17.8 Å². The Kier molecular flexibility index (Phi) is 4.56. The topological polar surface area (TPSA) is 41.5 Å². The second-order valence-electron chi connectivity index (χ2n) is 5.90. The Bertz CT molecular complexity index is 417. The number of nitrogens with one attached hydrogen (secondary N) is 1. The predicted molar refractivity (Wildman–Crippen MR) is 78.9 cm³/mol. The van der Waals surface area contributed by atoms with Gasteiger partial charge in [0.1, 0.15) is 0 Å². The second-order valence-corrected chi connectivity index (χ2v) is 5.90. The Labute approximate surface area is 116 Å². The van der Waals surface area contributed by atoms with Gasteiger partial charge in [-0.15, -0.1) is 0 Å². The number of methoxy groups -OCH3 is 1. The predicted octanol–water partition coefficient (Wildman–Crippen LogP) is 4.03. The molecule has 0 bridgehead atoms. The summed E-state index contributed by atoms with van der Waals surface area (Å²) in [6.07, 6.45) is 5.09. The summed E-state index contributed by atoms with van der Waals surface area (Å²) >= 11 is 0. The van der Waals surface area contributed by atoms with Crippen LogP contribution in [0.4, 0.5) is 5.69 Å². The van der Waals surface area contributed by atoms with Crippen LogP contribution in [-0.2, 0) is 0 Å². The summed E-state index contributed by atoms with van der Waals surface area (Å²) in [7, 11) is 1.57. The minimum absolute atomic E-state index is 0.198. The normalized spacial score (nSPS) is 23.4. The highest BCUT2D eigenvalue weighted by atomic mass is 16.5. The van der Waals surface area contributed by atoms with Crippen molar-refractivity contribution < 1.29 is 9.84 Å². The van der Waals surface area contributed by atoms with E-state index >= 15 is 0 Å². The van der Waals surface area contributed by atoms with Crippen molar-refractivity contribution >= 4 is 5.69 Å². The zero-order valence-electron chi connectivity index (χ0n) is 12.1. The van der Waals surface area contributed by atoms with Crippen LogP contribution in [0.15, 0.2) is 18.2 Å². The van der Waals surface area contributed by atoms with Gasteiger partial charge in [-0.05, 0) is 36.8 Å². The highest BCUT2D eigenvalue weighted by Gasteiger charge is 2.24. The van der Waals surface area contributed by atoms with Gasteiger partial charge in [0.25, 0.3) is 0 Å². The molecule has 2 rings (SSSR count). The average Bonchev–Trinajstić information content (AvgIpc) is 2.39. The summed E-state index contributed by atoms with van der Waals surface area (Å²) in [4.78, 5) is 0. The fraction of sp³-hybridized carbons (Fsp3) is 0.625. The van der Waals surface area contributed by atoms with Crippen LogP contribution in [0.25, 0.3) is 0 Å². The van der Waals surface area contributed by atoms with Crippen molar-refractivity contribution in [3.8, 4) is 11.5 Å². The third kappa shape index (κ3) is 3.55. The summed E-state index contributed by atoms with van der Waals surface area (Å²) < 4.78 is 5.06. The van der Waals surface area contributed by atoms with Crippen molar-refractivity contribution in [2.75, 3.05) is 12.4 Å². The first-order valence-electron chi connectivity index (χ1n) is 7.23. The lowest BCUT2D eigenvalue weighted by Crippen LogP contribution is -2.29. The SMILES string of the molecule is COc1ccc(NC2CCCC(C(C)C)C2)cc1O. The largest absolute Gasteiger partial charge is 0.504 e. The van der Waals surface area contributed by atoms with Crippen molar-refractivity contribution in [2.24, 2.45) is 11.8 Å². The number of aromatic hydroxyl groups is 1. The standard InChI is InChI=1S/C16H25NO2/c1-11(2)12-5-4-6-13(9-12)17-14-7-8-16(19-3)15(18)10-14/h7-8,10-13,17-18H,4-6,9H2,1-3H3. The Morgan fingerprint density at radius 3 is 2.74 bits per heavy atom. The van der Waals surface area contributed by atoms with E-state index in [0.717, 1.165) is 17.5 Å². The third-order valence-corrected chi connectivity index (χ3v) is 4.21. The number of ether oxygens (including phenoxy) is 1. The van der Waals surface area contributed by atoms with Gasteiger partial charge in [0.2, 0.25) is 0 Å². The quantitative estimate of drug-likeness (QED) is 0.861. The van der Waals surface area contributed by atoms with Gasteiger partial charge in [-0.1, -0.05) is 26.7 Å². The molecule has 1 aliphatic rings. The second kappa shape index (κ2) is 6.18. The summed E-state index contributed by atoms with van der Waals surface area (Å²) in [5, 5.41) is 13.3. The molecule has 0 spiro atoms. The van der Waals surface area contributed by atoms with Gasteiger partial charge in [0.15, 0.2) is 11.5 Å². The van der Waals surface area contributed by atoms with E-state index in [1.165, 1.54) is 25.7 Å². The third-order valence-electron chi connectivity index (χ3n) is 4.21. The molecule has 1 fully saturated rings. The molecule has 1 aromatic rings. The average molecular weight is 263 g/mol. The minimum atomic E-state index is 0.198. The van der Waals surface area contributed by atoms with Gasteiger partial charge in [0.05, 0.1) is 7.11 Å². The van der Waals surface area contributed by atoms with Crippen LogP contribution in [0.5, 0.6) is 11.5 Å². The van der Waals surface area contributed by atoms with Crippen molar-refractivity contribution in [2.45, 2.75) is 45.6 Å². The van der Waals surface area contributed by atoms with Gasteiger partial charge < -0.3 is 15.2 Å². The molecule has 0 aromatic heterocycles. The van der Waals surface area contributed by atoms with E-state index in [2.05, 4.69) is 19.2 Å². The maximum Gasteiger partial charge on any atom is 0.160 e. The zero-order chi connectivity index (χ0) is 13.8. The Balaban J connectivity index is 1.98. The molecule has 2 unspecified atom stereocenters. The first-order valence-corrected chi connectivity index (χ1v) is 7.23. The lowest BCUT2D eigenvalue weighted by atomic mass is 9.79. The molecule has 106 valence electrons. The highest BCUT2D eigenvalue weighted by molar-refractivity contribution is 5.54. The number of benzene rings is 1. The van der Waals surface area contributed by atoms with Gasteiger partial charge in [-0.2, -0.15) is 0 Å². The molecular weight excluding hydrogens is 238 g/mol. The molecule has 0 amide bonds. The fourth-order valence-corrected chi connectivity index (χ4v) is 2.98. The van der Waals surface area contributed by atoms with Crippen LogP contribution < -0.4 is 10.1 Å². The monoisotopic (exact) mass is 263 g/mol. The molecule has 0 saturated heterocycles. The Hall–Kier alpha value is -1.38. The van der Waals surface area contributed by atoms with Gasteiger partial charge in [-0.3, -0.25) is 0 Å². The highest BCUT2D eigenvalue weighted by Crippen LogP contribution is 2.33. The molecule has 1 saturated carbocycles. The van der Waals surface area contributed by atoms with E-state index in [9.17, 15) is 5.11 Å². The van der Waals surface area contributed by atoms with Crippen LogP contribution in [0.3, 0.4) is 0 Å². The van der Waals surface area contributed by atoms with Gasteiger partial charge >= 0.3 is 0 Å². The number of hydrogen-bond donors (Lipinski definition) is 2. The lowest BCUT2D eigenvalue weighted by molar-refractivity contribution is 0.264. The van der Waals surface area contributed by atoms with Crippen molar-refractivity contribution in [3.05, 3.63) is 18.2 Å². The smallest absolute Gasteiger partial charge is 0.160 e. The summed E-state index contributed by atoms with van der Waals surface area (Å²) in [5.74, 6) is 2.30. The number of anilines is 1. The van der Waals surface area contributed by atoms with E-state index in [1.807, 2.05) is 6.07 Å². The van der Waals surface area contributed by atoms with Crippen molar-refractivity contribution in [3.63, 3.8) is 0 Å². The molecule has 2 atom stereocenters. The molecule has 19 heavy (non-hydrogen) atoms. The maximum absolute atomic E-state index is 9.80. The summed E-state index contributed by atoms with van der Waals surface area (Å²) in [5.41, 5.74) is 0.979. The zero-order valence-corrected chi connectivity index (χ0v) is 12.1. The summed E-state index contributed by atoms with van der Waals surface area (Å²) in [6.45, 7) is 4.62. The molecule has 0 heterocycles. The molecule has 3 nitrogen and oxygen atoms in total. The first-order chi connectivity index (χ1) is 9.10. The van der Waals surface area contributed by atoms with Crippen molar-refractivity contribution in [1.82, 2.24) is 0 Å². The summed E-state index contributed by atoms with van der Waals surface area (Å²) in [6, 6.07) is 6.05. The van der Waals surface area contributed by atoms with Crippen LogP contribution in [0, 0.1) is 11.8 Å². The number of rotatable bonds is 4. The Morgan fingerprint density at radius 1 is 1.32 bits per heavy atom. The van der Waals surface area contributed by atoms with Crippen LogP contribution >= 0.6 is 0 Å². The molecule has 1 aliphatic carbocycles. The minimum Gasteiger partial charge on any atom is -0.504 e. The van der Waals surface area contributed by atoms with E-state index in [4.69, 9.17) is 4.74 Å². The number of phenols is 1. The van der Waals surface area contributed by atoms with E-state index in [0.29, 0.717) is 11.8 Å². The number of hydrogen-bond acceptors (Lipinski definition) is 3. The van der Waals surface area contributed by atoms with Gasteiger partial charge in [-0.25, -0.2) is 0 Å². The van der Waals surface area contributed by atoms with E-state index in [1.54, 1.807) is 19.2 Å². The first kappa shape index (κ1) is 14.0. The maximum atomic E-state index is 9.80. The molecule has 0 aliphatic heterocycles. The van der Waals surface area contributed by atoms with Crippen LogP contribution in [0.1, 0.15) is 39.5 Å². The van der Waals surface area contributed by atoms with Crippen LogP contribution in [0.2, 0.25) is 0 Å². The van der Waals surface area contributed by atoms with E-state index in [-0.39, 0.29) is 5.75 Å².